The highest BCUT2D eigenvalue weighted by atomic mass is 14.1. The van der Waals surface area contributed by atoms with Gasteiger partial charge < -0.3 is 0 Å². The molecule has 78 valence electrons. The molecule has 0 nitrogen and oxygen atoms in total. The summed E-state index contributed by atoms with van der Waals surface area (Å²) >= 11 is 0. The molecule has 0 unspecified atom stereocenters. The average Bonchev–Trinajstić information content (AvgIpc) is 2.15. The Morgan fingerprint density at radius 1 is 1.29 bits per heavy atom. The van der Waals surface area contributed by atoms with Gasteiger partial charge in [0, 0.05) is 0 Å². The molecular weight excluding hydrogens is 168 g/mol. The highest BCUT2D eigenvalue weighted by molar-refractivity contribution is 5.16. The number of allylic oxidation sites excluding steroid dienone is 5. The van der Waals surface area contributed by atoms with Crippen molar-refractivity contribution >= 4 is 0 Å². The van der Waals surface area contributed by atoms with Crippen LogP contribution in [0.25, 0.3) is 0 Å². The summed E-state index contributed by atoms with van der Waals surface area (Å²) in [7, 11) is 0. The van der Waals surface area contributed by atoms with Crippen LogP contribution in [0.15, 0.2) is 36.5 Å². The van der Waals surface area contributed by atoms with Crippen LogP contribution in [0.3, 0.4) is 0 Å². The van der Waals surface area contributed by atoms with E-state index in [1.165, 1.54) is 18.4 Å². The molecule has 0 aromatic heterocycles. The molecule has 14 heavy (non-hydrogen) atoms. The van der Waals surface area contributed by atoms with Gasteiger partial charge in [-0.25, -0.2) is 0 Å². The first kappa shape index (κ1) is 11.3. The molecule has 0 radical (unpaired) electrons. The molecule has 1 aliphatic carbocycles. The van der Waals surface area contributed by atoms with E-state index in [0.29, 0.717) is 0 Å². The zero-order valence-electron chi connectivity index (χ0n) is 9.50. The van der Waals surface area contributed by atoms with Crippen molar-refractivity contribution in [3.8, 4) is 0 Å². The third-order valence-corrected chi connectivity index (χ3v) is 2.90. The second-order valence-corrected chi connectivity index (χ2v) is 4.51. The third-order valence-electron chi connectivity index (χ3n) is 2.90. The summed E-state index contributed by atoms with van der Waals surface area (Å²) in [4.78, 5) is 0. The zero-order valence-corrected chi connectivity index (χ0v) is 9.50. The number of rotatable bonds is 1. The number of hydrogen-bond acceptors (Lipinski definition) is 0. The molecule has 0 saturated carbocycles. The first-order valence-corrected chi connectivity index (χ1v) is 5.71. The minimum atomic E-state index is 0.717. The lowest BCUT2D eigenvalue weighted by molar-refractivity contribution is 0.439. The molecule has 0 bridgehead atoms. The summed E-state index contributed by atoms with van der Waals surface area (Å²) in [5, 5.41) is 0. The van der Waals surface area contributed by atoms with Crippen molar-refractivity contribution in [3.63, 3.8) is 0 Å². The lowest BCUT2D eigenvalue weighted by atomic mass is 9.89. The molecule has 1 rings (SSSR count). The lowest BCUT2D eigenvalue weighted by Gasteiger charge is -2.16. The molecule has 1 atom stereocenters. The van der Waals surface area contributed by atoms with Crippen molar-refractivity contribution in [1.29, 1.82) is 0 Å². The fourth-order valence-electron chi connectivity index (χ4n) is 1.79. The summed E-state index contributed by atoms with van der Waals surface area (Å²) in [5.41, 5.74) is 1.27. The van der Waals surface area contributed by atoms with Crippen LogP contribution in [0.2, 0.25) is 0 Å². The summed E-state index contributed by atoms with van der Waals surface area (Å²) in [6, 6.07) is 0. The third kappa shape index (κ3) is 3.95. The summed E-state index contributed by atoms with van der Waals surface area (Å²) in [5.74, 6) is 1.46. The van der Waals surface area contributed by atoms with E-state index in [2.05, 4.69) is 44.7 Å². The second kappa shape index (κ2) is 5.85. The maximum absolute atomic E-state index is 4.06. The molecule has 0 saturated heterocycles. The summed E-state index contributed by atoms with van der Waals surface area (Å²) in [6.07, 6.45) is 13.9. The lowest BCUT2D eigenvalue weighted by Crippen LogP contribution is -2.05. The quantitative estimate of drug-likeness (QED) is 0.534. The van der Waals surface area contributed by atoms with Crippen molar-refractivity contribution in [2.24, 2.45) is 11.8 Å². The van der Waals surface area contributed by atoms with Crippen LogP contribution in [0, 0.1) is 11.8 Å². The smallest absolute Gasteiger partial charge is 0.0204 e. The monoisotopic (exact) mass is 190 g/mol. The van der Waals surface area contributed by atoms with Crippen molar-refractivity contribution in [2.45, 2.75) is 39.5 Å². The van der Waals surface area contributed by atoms with Gasteiger partial charge in [-0.3, -0.25) is 0 Å². The van der Waals surface area contributed by atoms with Gasteiger partial charge in [-0.2, -0.15) is 0 Å². The van der Waals surface area contributed by atoms with Gasteiger partial charge in [0.25, 0.3) is 0 Å². The van der Waals surface area contributed by atoms with Gasteiger partial charge in [-0.05, 0) is 37.5 Å². The van der Waals surface area contributed by atoms with Crippen LogP contribution in [0.5, 0.6) is 0 Å². The van der Waals surface area contributed by atoms with Crippen LogP contribution in [0.4, 0.5) is 0 Å². The minimum Gasteiger partial charge on any atom is -0.0958 e. The summed E-state index contributed by atoms with van der Waals surface area (Å²) in [6.45, 7) is 8.66. The van der Waals surface area contributed by atoms with Crippen LogP contribution in [0.1, 0.15) is 39.5 Å². The topological polar surface area (TPSA) is 0 Å². The van der Waals surface area contributed by atoms with Gasteiger partial charge in [0.1, 0.15) is 0 Å². The molecule has 0 spiro atoms. The Morgan fingerprint density at radius 2 is 2.00 bits per heavy atom. The van der Waals surface area contributed by atoms with Crippen molar-refractivity contribution in [3.05, 3.63) is 36.5 Å². The Balaban J connectivity index is 2.62. The molecule has 0 heterocycles. The van der Waals surface area contributed by atoms with E-state index >= 15 is 0 Å². The fourth-order valence-corrected chi connectivity index (χ4v) is 1.79. The number of hydrogen-bond donors (Lipinski definition) is 0. The largest absolute Gasteiger partial charge is 0.0958 e. The van der Waals surface area contributed by atoms with Crippen molar-refractivity contribution < 1.29 is 0 Å². The molecule has 0 aliphatic heterocycles. The van der Waals surface area contributed by atoms with Crippen LogP contribution in [-0.2, 0) is 0 Å². The van der Waals surface area contributed by atoms with Gasteiger partial charge in [0.05, 0.1) is 0 Å². The van der Waals surface area contributed by atoms with Crippen molar-refractivity contribution in [2.75, 3.05) is 0 Å². The van der Waals surface area contributed by atoms with Gasteiger partial charge in [-0.15, -0.1) is 0 Å². The Labute approximate surface area is 88.4 Å². The molecule has 0 fully saturated rings. The standard InChI is InChI=1S/C14H22/c1-12(2)14-9-7-5-4-6-8-13(3)10-11-14/h4-5,10-12,14H,3,6-9H2,1-2H3/b5-4+,11-10+/t14-/m1/s1. The van der Waals surface area contributed by atoms with E-state index in [4.69, 9.17) is 0 Å². The van der Waals surface area contributed by atoms with E-state index in [9.17, 15) is 0 Å². The highest BCUT2D eigenvalue weighted by Gasteiger charge is 2.08. The average molecular weight is 190 g/mol. The van der Waals surface area contributed by atoms with Gasteiger partial charge in [0.15, 0.2) is 0 Å². The SMILES string of the molecule is C=C1/C=C/[C@H](C(C)C)CC/C=C/CC1. The van der Waals surface area contributed by atoms with Crippen LogP contribution >= 0.6 is 0 Å². The normalized spacial score (nSPS) is 28.8. The van der Waals surface area contributed by atoms with Gasteiger partial charge >= 0.3 is 0 Å². The predicted octanol–water partition coefficient (Wildman–Crippen LogP) is 4.50. The summed E-state index contributed by atoms with van der Waals surface area (Å²) < 4.78 is 0. The van der Waals surface area contributed by atoms with E-state index in [1.54, 1.807) is 0 Å². The maximum Gasteiger partial charge on any atom is -0.0204 e. The fraction of sp³-hybridized carbons (Fsp3) is 0.571. The minimum absolute atomic E-state index is 0.717. The predicted molar refractivity (Wildman–Crippen MR) is 64.2 cm³/mol. The molecule has 0 heteroatoms. The Morgan fingerprint density at radius 3 is 2.71 bits per heavy atom. The van der Waals surface area contributed by atoms with E-state index in [1.807, 2.05) is 0 Å². The first-order chi connectivity index (χ1) is 6.70. The first-order valence-electron chi connectivity index (χ1n) is 5.71. The van der Waals surface area contributed by atoms with Gasteiger partial charge in [-0.1, -0.05) is 50.3 Å². The van der Waals surface area contributed by atoms with E-state index < -0.39 is 0 Å². The Hall–Kier alpha value is -0.780. The molecule has 0 aromatic carbocycles. The van der Waals surface area contributed by atoms with Crippen LogP contribution < -0.4 is 0 Å². The van der Waals surface area contributed by atoms with Crippen LogP contribution in [-0.4, -0.2) is 0 Å². The molecule has 0 amide bonds. The molecule has 0 aromatic rings. The highest BCUT2D eigenvalue weighted by Crippen LogP contribution is 2.21. The van der Waals surface area contributed by atoms with Crippen molar-refractivity contribution in [1.82, 2.24) is 0 Å². The Kier molecular flexibility index (Phi) is 4.72. The zero-order chi connectivity index (χ0) is 10.4. The van der Waals surface area contributed by atoms with E-state index in [-0.39, 0.29) is 0 Å². The molecular formula is C14H22. The molecule has 1 aliphatic rings. The maximum atomic E-state index is 4.06. The molecule has 0 N–H and O–H groups in total. The van der Waals surface area contributed by atoms with Gasteiger partial charge in [0.2, 0.25) is 0 Å². The van der Waals surface area contributed by atoms with E-state index in [0.717, 1.165) is 24.7 Å². The second-order valence-electron chi connectivity index (χ2n) is 4.51. The Bertz CT molecular complexity index is 230.